The quantitative estimate of drug-likeness (QED) is 0.0446. The van der Waals surface area contributed by atoms with Crippen molar-refractivity contribution in [1.29, 1.82) is 0 Å². The van der Waals surface area contributed by atoms with Gasteiger partial charge in [-0.3, -0.25) is 0 Å². The number of carbonyl (C=O) groups excluding carboxylic acids is 2. The second-order valence-corrected chi connectivity index (χ2v) is 21.5. The molecule has 0 aromatic rings. The number of rotatable bonds is 56. The maximum absolute atomic E-state index is 11.3. The maximum Gasteiger partial charge on any atom is 2.00 e. The van der Waals surface area contributed by atoms with Crippen LogP contribution in [0.2, 0.25) is 0 Å². The van der Waals surface area contributed by atoms with Gasteiger partial charge in [-0.05, 0) is 64.7 Å². The summed E-state index contributed by atoms with van der Waals surface area (Å²) in [5.74, 6) is -1.79. The number of hydrogen-bond acceptors (Lipinski definition) is 6. The Labute approximate surface area is 464 Å². The fourth-order valence-corrected chi connectivity index (χ4v) is 10.3. The summed E-state index contributed by atoms with van der Waals surface area (Å²) in [6.45, 7) is 17.6. The van der Waals surface area contributed by atoms with Crippen LogP contribution in [0, 0.1) is 0 Å². The number of carbonyl (C=O) groups is 2. The molecule has 0 amide bonds. The summed E-state index contributed by atoms with van der Waals surface area (Å²) in [6, 6.07) is 0.299. The molecule has 0 aliphatic rings. The van der Waals surface area contributed by atoms with Crippen LogP contribution in [0.25, 0.3) is 0 Å². The van der Waals surface area contributed by atoms with Gasteiger partial charge >= 0.3 is 37.7 Å². The first kappa shape index (κ1) is 73.4. The second-order valence-electron chi connectivity index (χ2n) is 21.5. The van der Waals surface area contributed by atoms with Gasteiger partial charge in [-0.2, -0.15) is 0 Å². The van der Waals surface area contributed by atoms with Crippen molar-refractivity contribution in [2.45, 2.75) is 362 Å². The summed E-state index contributed by atoms with van der Waals surface area (Å²) in [6.07, 6.45) is 61.9. The minimum absolute atomic E-state index is 0. The first-order chi connectivity index (χ1) is 33.3. The molecule has 2 atom stereocenters. The van der Waals surface area contributed by atoms with Crippen molar-refractivity contribution in [1.82, 2.24) is 9.80 Å². The van der Waals surface area contributed by atoms with E-state index in [0.29, 0.717) is 0 Å². The Morgan fingerprint density at radius 3 is 0.551 bits per heavy atom. The van der Waals surface area contributed by atoms with E-state index in [1.54, 1.807) is 0 Å². The Morgan fingerprint density at radius 2 is 0.420 bits per heavy atom. The molecule has 0 aromatic heterocycles. The van der Waals surface area contributed by atoms with E-state index >= 15 is 0 Å². The number of aliphatic carboxylic acids is 2. The van der Waals surface area contributed by atoms with Crippen molar-refractivity contribution >= 4 is 49.7 Å². The smallest absolute Gasteiger partial charge is 0.550 e. The first-order valence-electron chi connectivity index (χ1n) is 31.2. The Morgan fingerprint density at radius 1 is 0.275 bits per heavy atom. The average molecular weight is 1000 g/mol. The van der Waals surface area contributed by atoms with Crippen molar-refractivity contribution in [3.8, 4) is 0 Å². The third-order valence-corrected chi connectivity index (χ3v) is 15.0. The van der Waals surface area contributed by atoms with Crippen molar-refractivity contribution in [2.24, 2.45) is 0 Å². The summed E-state index contributed by atoms with van der Waals surface area (Å²) in [5.41, 5.74) is 0. The molecule has 0 rings (SSSR count). The molecule has 0 saturated heterocycles. The van der Waals surface area contributed by atoms with Gasteiger partial charge in [-0.1, -0.05) is 298 Å². The minimum atomic E-state index is -0.894. The molecular formula is C62H124CaN2O4. The summed E-state index contributed by atoms with van der Waals surface area (Å²) in [4.78, 5) is 27.4. The Bertz CT molecular complexity index is 856. The van der Waals surface area contributed by atoms with E-state index in [0.717, 1.165) is 39.0 Å². The van der Waals surface area contributed by atoms with Crippen LogP contribution in [0.15, 0.2) is 0 Å². The summed E-state index contributed by atoms with van der Waals surface area (Å²) in [7, 11) is 0. The Kier molecular flexibility index (Phi) is 66.4. The van der Waals surface area contributed by atoms with Crippen LogP contribution in [0.4, 0.5) is 0 Å². The van der Waals surface area contributed by atoms with Gasteiger partial charge in [-0.25, -0.2) is 0 Å². The second kappa shape index (κ2) is 62.4. The van der Waals surface area contributed by atoms with Crippen molar-refractivity contribution in [3.63, 3.8) is 0 Å². The summed E-state index contributed by atoms with van der Waals surface area (Å²) in [5, 5.41) is 22.5. The predicted molar refractivity (Wildman–Crippen MR) is 302 cm³/mol. The van der Waals surface area contributed by atoms with Gasteiger partial charge in [0.05, 0.1) is 0 Å². The summed E-state index contributed by atoms with van der Waals surface area (Å²) >= 11 is 0. The minimum Gasteiger partial charge on any atom is -0.550 e. The van der Waals surface area contributed by atoms with E-state index in [4.69, 9.17) is 0 Å². The van der Waals surface area contributed by atoms with E-state index in [2.05, 4.69) is 51.3 Å². The van der Waals surface area contributed by atoms with Gasteiger partial charge in [0, 0.05) is 36.9 Å². The maximum atomic E-state index is 11.3. The number of carboxylic acid groups (broad SMARTS) is 2. The number of unbranched alkanes of at least 4 members (excludes halogenated alkanes) is 40. The molecule has 2 unspecified atom stereocenters. The van der Waals surface area contributed by atoms with E-state index in [9.17, 15) is 19.8 Å². The van der Waals surface area contributed by atoms with Crippen molar-refractivity contribution in [3.05, 3.63) is 0 Å². The van der Waals surface area contributed by atoms with Crippen LogP contribution in [-0.4, -0.2) is 97.7 Å². The number of hydrogen-bond donors (Lipinski definition) is 0. The third-order valence-electron chi connectivity index (χ3n) is 15.0. The van der Waals surface area contributed by atoms with Crippen molar-refractivity contribution < 1.29 is 19.8 Å². The van der Waals surface area contributed by atoms with Crippen LogP contribution in [0.5, 0.6) is 0 Å². The predicted octanol–water partition coefficient (Wildman–Crippen LogP) is 17.3. The molecule has 0 N–H and O–H groups in total. The molecule has 7 heteroatoms. The molecule has 0 spiro atoms. The fourth-order valence-electron chi connectivity index (χ4n) is 10.3. The first-order valence-corrected chi connectivity index (χ1v) is 31.2. The molecule has 69 heavy (non-hydrogen) atoms. The van der Waals surface area contributed by atoms with E-state index in [-0.39, 0.29) is 62.7 Å². The average Bonchev–Trinajstić information content (AvgIpc) is 3.33. The number of carboxylic acids is 2. The van der Waals surface area contributed by atoms with Gasteiger partial charge < -0.3 is 29.6 Å². The molecule has 6 nitrogen and oxygen atoms in total. The molecule has 0 saturated carbocycles. The third kappa shape index (κ3) is 57.3. The Balaban J connectivity index is -0.00000124. The van der Waals surface area contributed by atoms with Gasteiger partial charge in [0.2, 0.25) is 0 Å². The topological polar surface area (TPSA) is 86.7 Å². The SMILES string of the molecule is CCCCCCCCCCCCCN(CCCCCCCCCCCCC)C(CC)CC(=O)[O-].CCCCCCCCCCCCCN(CCCCCCCCCCCCC)C(CC)CC(=O)[O-].[Ca+2]. The van der Waals surface area contributed by atoms with E-state index in [1.165, 1.54) is 283 Å². The molecule has 0 aliphatic heterocycles. The molecule has 0 aromatic carbocycles. The molecule has 0 aliphatic carbocycles. The van der Waals surface area contributed by atoms with Crippen LogP contribution in [-0.2, 0) is 9.59 Å². The molecule has 0 fully saturated rings. The standard InChI is InChI=1S/2C31H63NO2.Ca/c2*1-4-7-9-11-13-15-17-19-21-23-25-27-32(30(6-3)29-31(33)34)28-26-24-22-20-18-16-14-12-10-8-5-2;/h2*30H,4-29H2,1-3H3,(H,33,34);/q;;+2/p-2. The molecule has 0 heterocycles. The van der Waals surface area contributed by atoms with Gasteiger partial charge in [0.15, 0.2) is 0 Å². The zero-order chi connectivity index (χ0) is 50.2. The summed E-state index contributed by atoms with van der Waals surface area (Å²) < 4.78 is 0. The van der Waals surface area contributed by atoms with Crippen LogP contribution >= 0.6 is 0 Å². The molecule has 0 radical (unpaired) electrons. The molecular weight excluding hydrogens is 877 g/mol. The largest absolute Gasteiger partial charge is 2.00 e. The van der Waals surface area contributed by atoms with Crippen molar-refractivity contribution in [2.75, 3.05) is 26.2 Å². The monoisotopic (exact) mass is 1000 g/mol. The van der Waals surface area contributed by atoms with E-state index < -0.39 is 11.9 Å². The van der Waals surface area contributed by atoms with Crippen LogP contribution < -0.4 is 10.2 Å². The van der Waals surface area contributed by atoms with Gasteiger partial charge in [-0.15, -0.1) is 0 Å². The number of nitrogens with zero attached hydrogens (tertiary/aromatic N) is 2. The normalized spacial score (nSPS) is 12.3. The molecule has 0 bridgehead atoms. The van der Waals surface area contributed by atoms with Gasteiger partial charge in [0.1, 0.15) is 0 Å². The van der Waals surface area contributed by atoms with Crippen LogP contribution in [0.1, 0.15) is 350 Å². The fraction of sp³-hybridized carbons (Fsp3) is 0.968. The zero-order valence-corrected chi connectivity index (χ0v) is 50.4. The molecule has 408 valence electrons. The van der Waals surface area contributed by atoms with E-state index in [1.807, 2.05) is 0 Å². The zero-order valence-electron chi connectivity index (χ0n) is 48.2. The van der Waals surface area contributed by atoms with Crippen LogP contribution in [0.3, 0.4) is 0 Å². The Hall–Kier alpha value is 0.120. The van der Waals surface area contributed by atoms with Gasteiger partial charge in [0.25, 0.3) is 0 Å².